The summed E-state index contributed by atoms with van der Waals surface area (Å²) in [6, 6.07) is 2.32. The number of rotatable bonds is 3. The minimum absolute atomic E-state index is 0. The molecule has 0 spiro atoms. The fourth-order valence-corrected chi connectivity index (χ4v) is 1.75. The SMILES string of the molecule is O=C(O)c1ccc(C(=O)O)c(S(=O)(=O)O)c1.[Na].[Sn]. The van der Waals surface area contributed by atoms with Crippen molar-refractivity contribution in [1.29, 1.82) is 0 Å². The monoisotopic (exact) mass is 389 g/mol. The standard InChI is InChI=1S/C8H6O7S.Na.Sn/c9-7(10)4-1-2-5(8(11)12)6(3-4)16(13,14)15;;/h1-3H,(H,9,10)(H,11,12)(H,13,14,15);;. The number of benzene rings is 1. The van der Waals surface area contributed by atoms with Crippen LogP contribution in [0.2, 0.25) is 0 Å². The summed E-state index contributed by atoms with van der Waals surface area (Å²) < 4.78 is 30.4. The Morgan fingerprint density at radius 3 is 1.89 bits per heavy atom. The van der Waals surface area contributed by atoms with Crippen LogP contribution in [0.25, 0.3) is 0 Å². The zero-order valence-corrected chi connectivity index (χ0v) is 14.8. The van der Waals surface area contributed by atoms with E-state index in [2.05, 4.69) is 0 Å². The second kappa shape index (κ2) is 7.46. The third-order valence-corrected chi connectivity index (χ3v) is 2.63. The zero-order valence-electron chi connectivity index (χ0n) is 9.11. The average molecular weight is 388 g/mol. The summed E-state index contributed by atoms with van der Waals surface area (Å²) in [5.74, 6) is -3.01. The Morgan fingerprint density at radius 2 is 1.56 bits per heavy atom. The molecule has 1 aromatic carbocycles. The molecule has 0 fully saturated rings. The van der Waals surface area contributed by atoms with Gasteiger partial charge in [0.1, 0.15) is 4.90 Å². The van der Waals surface area contributed by atoms with Gasteiger partial charge in [-0.25, -0.2) is 9.59 Å². The van der Waals surface area contributed by atoms with Gasteiger partial charge in [0.15, 0.2) is 0 Å². The molecule has 0 unspecified atom stereocenters. The molecule has 0 atom stereocenters. The summed E-state index contributed by atoms with van der Waals surface area (Å²) in [4.78, 5) is 20.2. The maximum absolute atomic E-state index is 10.8. The third-order valence-electron chi connectivity index (χ3n) is 1.74. The summed E-state index contributed by atoms with van der Waals surface area (Å²) in [7, 11) is -4.78. The van der Waals surface area contributed by atoms with Crippen LogP contribution in [0.3, 0.4) is 0 Å². The molecule has 0 bridgehead atoms. The summed E-state index contributed by atoms with van der Waals surface area (Å²) >= 11 is 0. The molecule has 10 heteroatoms. The van der Waals surface area contributed by atoms with Crippen LogP contribution in [0.4, 0.5) is 0 Å². The quantitative estimate of drug-likeness (QED) is 0.474. The fourth-order valence-electron chi connectivity index (χ4n) is 1.05. The van der Waals surface area contributed by atoms with Gasteiger partial charge in [-0.2, -0.15) is 8.42 Å². The van der Waals surface area contributed by atoms with Crippen molar-refractivity contribution in [2.75, 3.05) is 0 Å². The van der Waals surface area contributed by atoms with Crippen molar-refractivity contribution >= 4 is 75.5 Å². The van der Waals surface area contributed by atoms with Crippen LogP contribution < -0.4 is 0 Å². The van der Waals surface area contributed by atoms with Gasteiger partial charge in [0, 0.05) is 53.5 Å². The van der Waals surface area contributed by atoms with E-state index < -0.39 is 38.1 Å². The molecule has 3 N–H and O–H groups in total. The molecule has 1 rings (SSSR count). The van der Waals surface area contributed by atoms with E-state index in [0.29, 0.717) is 6.07 Å². The van der Waals surface area contributed by atoms with Crippen LogP contribution in [-0.2, 0) is 10.1 Å². The number of carboxylic acids is 2. The van der Waals surface area contributed by atoms with Gasteiger partial charge in [0.05, 0.1) is 11.1 Å². The predicted molar refractivity (Wildman–Crippen MR) is 61.7 cm³/mol. The summed E-state index contributed by atoms with van der Waals surface area (Å²) in [5.41, 5.74) is -1.12. The minimum Gasteiger partial charge on any atom is -0.478 e. The predicted octanol–water partition coefficient (Wildman–Crippen LogP) is -0.432. The van der Waals surface area contributed by atoms with Crippen molar-refractivity contribution in [2.24, 2.45) is 0 Å². The van der Waals surface area contributed by atoms with E-state index in [0.717, 1.165) is 12.1 Å². The number of hydrogen-bond acceptors (Lipinski definition) is 4. The van der Waals surface area contributed by atoms with Crippen molar-refractivity contribution in [1.82, 2.24) is 0 Å². The van der Waals surface area contributed by atoms with E-state index in [4.69, 9.17) is 14.8 Å². The van der Waals surface area contributed by atoms with Crippen LogP contribution in [0.1, 0.15) is 20.7 Å². The first-order valence-electron chi connectivity index (χ1n) is 3.81. The molecule has 7 nitrogen and oxygen atoms in total. The first-order valence-corrected chi connectivity index (χ1v) is 5.25. The molecule has 1 aromatic rings. The molecule has 0 saturated heterocycles. The molecule has 5 radical (unpaired) electrons. The number of carbonyl (C=O) groups is 2. The molecule has 0 aliphatic rings. The van der Waals surface area contributed by atoms with Crippen LogP contribution >= 0.6 is 0 Å². The van der Waals surface area contributed by atoms with Gasteiger partial charge in [-0.1, -0.05) is 0 Å². The normalized spacial score (nSPS) is 9.83. The van der Waals surface area contributed by atoms with E-state index in [9.17, 15) is 18.0 Å². The molecule has 18 heavy (non-hydrogen) atoms. The van der Waals surface area contributed by atoms with Gasteiger partial charge >= 0.3 is 11.9 Å². The van der Waals surface area contributed by atoms with Gasteiger partial charge in [0.2, 0.25) is 0 Å². The van der Waals surface area contributed by atoms with Crippen LogP contribution in [0, 0.1) is 0 Å². The second-order valence-electron chi connectivity index (χ2n) is 2.80. The van der Waals surface area contributed by atoms with Crippen LogP contribution in [0.15, 0.2) is 23.1 Å². The molecule has 0 aromatic heterocycles. The van der Waals surface area contributed by atoms with Crippen LogP contribution in [0.5, 0.6) is 0 Å². The molecule has 0 saturated carbocycles. The Morgan fingerprint density at radius 1 is 1.06 bits per heavy atom. The van der Waals surface area contributed by atoms with E-state index in [1.54, 1.807) is 0 Å². The van der Waals surface area contributed by atoms with Crippen molar-refractivity contribution in [2.45, 2.75) is 4.90 Å². The van der Waals surface area contributed by atoms with Gasteiger partial charge in [-0.3, -0.25) is 4.55 Å². The summed E-state index contributed by atoms with van der Waals surface area (Å²) in [6.45, 7) is 0. The van der Waals surface area contributed by atoms with E-state index >= 15 is 0 Å². The maximum atomic E-state index is 10.8. The van der Waals surface area contributed by atoms with E-state index in [1.165, 1.54) is 0 Å². The largest absolute Gasteiger partial charge is 0.478 e. The Kier molecular flexibility index (Phi) is 8.36. The van der Waals surface area contributed by atoms with Crippen molar-refractivity contribution in [3.63, 3.8) is 0 Å². The van der Waals surface area contributed by atoms with Gasteiger partial charge < -0.3 is 10.2 Å². The molecule has 0 aliphatic carbocycles. The third kappa shape index (κ3) is 4.86. The van der Waals surface area contributed by atoms with Crippen molar-refractivity contribution in [3.8, 4) is 0 Å². The molecular weight excluding hydrogens is 382 g/mol. The Bertz CT molecular complexity index is 569. The van der Waals surface area contributed by atoms with E-state index in [-0.39, 0.29) is 53.5 Å². The van der Waals surface area contributed by atoms with E-state index in [1.807, 2.05) is 0 Å². The van der Waals surface area contributed by atoms with Crippen molar-refractivity contribution in [3.05, 3.63) is 29.3 Å². The molecule has 0 amide bonds. The smallest absolute Gasteiger partial charge is 0.337 e. The number of hydrogen-bond donors (Lipinski definition) is 3. The maximum Gasteiger partial charge on any atom is 0.337 e. The topological polar surface area (TPSA) is 129 Å². The number of carboxylic acid groups (broad SMARTS) is 2. The molecule has 0 heterocycles. The first-order chi connectivity index (χ1) is 7.23. The average Bonchev–Trinajstić information content (AvgIpc) is 2.15. The van der Waals surface area contributed by atoms with Gasteiger partial charge in [0.25, 0.3) is 10.1 Å². The Labute approximate surface area is 141 Å². The van der Waals surface area contributed by atoms with Crippen molar-refractivity contribution < 1.29 is 32.8 Å². The fraction of sp³-hybridized carbons (Fsp3) is 0. The van der Waals surface area contributed by atoms with Crippen LogP contribution in [-0.4, -0.2) is 88.6 Å². The van der Waals surface area contributed by atoms with Gasteiger partial charge in [-0.15, -0.1) is 0 Å². The Hall–Kier alpha value is -0.131. The first kappa shape index (κ1) is 20.2. The zero-order chi connectivity index (χ0) is 12.5. The summed E-state index contributed by atoms with van der Waals surface area (Å²) in [5, 5.41) is 17.2. The van der Waals surface area contributed by atoms with Gasteiger partial charge in [-0.05, 0) is 18.2 Å². The molecule has 0 aliphatic heterocycles. The molecular formula is C8H6NaO7SSn. The number of aromatic carboxylic acids is 2. The Balaban J connectivity index is 0. The minimum atomic E-state index is -4.78. The summed E-state index contributed by atoms with van der Waals surface area (Å²) in [6.07, 6.45) is 0. The second-order valence-corrected chi connectivity index (χ2v) is 4.19. The molecule has 91 valence electrons.